The van der Waals surface area contributed by atoms with E-state index in [1.54, 1.807) is 12.3 Å². The summed E-state index contributed by atoms with van der Waals surface area (Å²) < 4.78 is 4.43. The van der Waals surface area contributed by atoms with Gasteiger partial charge in [-0.1, -0.05) is 13.8 Å². The average molecular weight is 358 g/mol. The van der Waals surface area contributed by atoms with Crippen molar-refractivity contribution in [2.45, 2.75) is 57.0 Å². The fraction of sp³-hybridized carbons (Fsp3) is 0.588. The van der Waals surface area contributed by atoms with Crippen LogP contribution in [0.4, 0.5) is 5.13 Å². The molecule has 2 aromatic heterocycles. The summed E-state index contributed by atoms with van der Waals surface area (Å²) in [6.45, 7) is 4.19. The molecule has 25 heavy (non-hydrogen) atoms. The minimum absolute atomic E-state index is 0.0834. The van der Waals surface area contributed by atoms with E-state index < -0.39 is 0 Å². The molecular weight excluding hydrogens is 336 g/mol. The van der Waals surface area contributed by atoms with Crippen molar-refractivity contribution in [1.29, 1.82) is 0 Å². The highest BCUT2D eigenvalue weighted by Gasteiger charge is 2.53. The van der Waals surface area contributed by atoms with Crippen molar-refractivity contribution in [2.24, 2.45) is 5.92 Å². The van der Waals surface area contributed by atoms with Gasteiger partial charge in [0.05, 0.1) is 11.6 Å². The second-order valence-electron chi connectivity index (χ2n) is 7.36. The third kappa shape index (κ3) is 3.10. The highest BCUT2D eigenvalue weighted by molar-refractivity contribution is 7.09. The van der Waals surface area contributed by atoms with Crippen molar-refractivity contribution in [3.63, 3.8) is 0 Å². The van der Waals surface area contributed by atoms with E-state index in [-0.39, 0.29) is 17.5 Å². The molecule has 0 saturated heterocycles. The van der Waals surface area contributed by atoms with Crippen LogP contribution in [0, 0.1) is 5.92 Å². The summed E-state index contributed by atoms with van der Waals surface area (Å²) in [6, 6.07) is 1.72. The monoisotopic (exact) mass is 358 g/mol. The molecule has 7 nitrogen and oxygen atoms in total. The van der Waals surface area contributed by atoms with Crippen molar-refractivity contribution in [3.8, 4) is 0 Å². The molecular formula is C17H22N6OS. The number of carbonyl (C=O) groups excluding carboxylic acids is 1. The molecule has 2 aliphatic rings. The zero-order chi connectivity index (χ0) is 17.4. The summed E-state index contributed by atoms with van der Waals surface area (Å²) in [5, 5.41) is 7.66. The lowest BCUT2D eigenvalue weighted by molar-refractivity contribution is 0.0914. The number of hydrogen-bond acceptors (Lipinski definition) is 7. The van der Waals surface area contributed by atoms with Gasteiger partial charge in [-0.2, -0.15) is 4.37 Å². The van der Waals surface area contributed by atoms with Crippen LogP contribution in [0.1, 0.15) is 61.8 Å². The molecule has 2 bridgehead atoms. The molecule has 3 unspecified atom stereocenters. The molecule has 2 heterocycles. The molecule has 2 aliphatic carbocycles. The Kier molecular flexibility index (Phi) is 4.15. The summed E-state index contributed by atoms with van der Waals surface area (Å²) in [4.78, 5) is 25.0. The topological polar surface area (TPSA) is 92.7 Å². The molecule has 0 radical (unpaired) electrons. The van der Waals surface area contributed by atoms with Gasteiger partial charge in [0.25, 0.3) is 5.91 Å². The Hall–Kier alpha value is -2.09. The fourth-order valence-electron chi connectivity index (χ4n) is 4.05. The maximum atomic E-state index is 12.5. The molecule has 0 aromatic carbocycles. The minimum Gasteiger partial charge on any atom is -0.353 e. The maximum absolute atomic E-state index is 12.5. The molecule has 0 aliphatic heterocycles. The Morgan fingerprint density at radius 3 is 3.00 bits per heavy atom. The normalized spacial score (nSPS) is 27.6. The van der Waals surface area contributed by atoms with Gasteiger partial charge in [0.1, 0.15) is 17.8 Å². The van der Waals surface area contributed by atoms with E-state index >= 15 is 0 Å². The molecule has 1 amide bonds. The summed E-state index contributed by atoms with van der Waals surface area (Å²) in [6.07, 6.45) is 7.30. The average Bonchev–Trinajstić information content (AvgIpc) is 3.30. The van der Waals surface area contributed by atoms with E-state index in [2.05, 4.69) is 43.8 Å². The van der Waals surface area contributed by atoms with Crippen LogP contribution in [0.25, 0.3) is 0 Å². The minimum atomic E-state index is -0.138. The first-order valence-corrected chi connectivity index (χ1v) is 9.52. The molecule has 4 rings (SSSR count). The smallest absolute Gasteiger partial charge is 0.270 e. The van der Waals surface area contributed by atoms with Crippen LogP contribution < -0.4 is 10.6 Å². The second-order valence-corrected chi connectivity index (χ2v) is 8.11. The Morgan fingerprint density at radius 2 is 2.32 bits per heavy atom. The fourth-order valence-corrected chi connectivity index (χ4v) is 4.86. The lowest BCUT2D eigenvalue weighted by atomic mass is 9.88. The maximum Gasteiger partial charge on any atom is 0.270 e. The van der Waals surface area contributed by atoms with Crippen molar-refractivity contribution >= 4 is 22.6 Å². The Morgan fingerprint density at radius 1 is 1.44 bits per heavy atom. The first kappa shape index (κ1) is 16.4. The van der Waals surface area contributed by atoms with Gasteiger partial charge in [-0.3, -0.25) is 4.79 Å². The van der Waals surface area contributed by atoms with Gasteiger partial charge in [0, 0.05) is 23.6 Å². The second kappa shape index (κ2) is 6.33. The van der Waals surface area contributed by atoms with Gasteiger partial charge in [0.15, 0.2) is 0 Å². The molecule has 2 saturated carbocycles. The van der Waals surface area contributed by atoms with Crippen molar-refractivity contribution in [1.82, 2.24) is 24.6 Å². The van der Waals surface area contributed by atoms with Crippen LogP contribution in [-0.2, 0) is 0 Å². The molecule has 132 valence electrons. The number of fused-ring (bicyclic) bond motifs is 2. The van der Waals surface area contributed by atoms with Crippen molar-refractivity contribution < 1.29 is 4.79 Å². The lowest BCUT2D eigenvalue weighted by Gasteiger charge is -2.36. The Bertz CT molecular complexity index is 764. The molecule has 8 heteroatoms. The predicted molar refractivity (Wildman–Crippen MR) is 95.6 cm³/mol. The molecule has 2 aromatic rings. The number of nitrogens with zero attached hydrogens (tertiary/aromatic N) is 4. The zero-order valence-corrected chi connectivity index (χ0v) is 15.2. The van der Waals surface area contributed by atoms with Crippen molar-refractivity contribution in [2.75, 3.05) is 5.32 Å². The standard InChI is InChI=1S/C17H22N6OS/c1-10(2)14-21-16(25-23-14)22-17-5-3-11(8-17)7-13(17)20-15(24)12-4-6-18-9-19-12/h4,6,9-11,13H,3,5,7-8H2,1-2H3,(H,20,24)(H,21,22,23). The highest BCUT2D eigenvalue weighted by atomic mass is 32.1. The van der Waals surface area contributed by atoms with Crippen LogP contribution in [-0.4, -0.2) is 36.8 Å². The predicted octanol–water partition coefficient (Wildman–Crippen LogP) is 2.60. The number of hydrogen-bond donors (Lipinski definition) is 2. The zero-order valence-electron chi connectivity index (χ0n) is 14.4. The van der Waals surface area contributed by atoms with Gasteiger partial charge in [-0.15, -0.1) is 0 Å². The number of carbonyl (C=O) groups is 1. The van der Waals surface area contributed by atoms with Crippen molar-refractivity contribution in [3.05, 3.63) is 30.1 Å². The van der Waals surface area contributed by atoms with Gasteiger partial charge in [-0.05, 0) is 37.7 Å². The number of anilines is 1. The molecule has 3 atom stereocenters. The van der Waals surface area contributed by atoms with E-state index in [0.29, 0.717) is 17.5 Å². The largest absolute Gasteiger partial charge is 0.353 e. The number of rotatable bonds is 5. The summed E-state index contributed by atoms with van der Waals surface area (Å²) in [5.41, 5.74) is 0.284. The van der Waals surface area contributed by atoms with Crippen LogP contribution >= 0.6 is 11.5 Å². The van der Waals surface area contributed by atoms with Crippen LogP contribution in [0.2, 0.25) is 0 Å². The third-order valence-corrected chi connectivity index (χ3v) is 5.97. The quantitative estimate of drug-likeness (QED) is 0.853. The van der Waals surface area contributed by atoms with Crippen LogP contribution in [0.15, 0.2) is 18.6 Å². The van der Waals surface area contributed by atoms with Gasteiger partial charge in [0.2, 0.25) is 5.13 Å². The van der Waals surface area contributed by atoms with Crippen LogP contribution in [0.3, 0.4) is 0 Å². The highest BCUT2D eigenvalue weighted by Crippen LogP contribution is 2.49. The first-order chi connectivity index (χ1) is 12.1. The van der Waals surface area contributed by atoms with E-state index in [0.717, 1.165) is 30.2 Å². The van der Waals surface area contributed by atoms with Gasteiger partial charge in [-0.25, -0.2) is 15.0 Å². The number of nitrogens with one attached hydrogen (secondary N) is 2. The van der Waals surface area contributed by atoms with Gasteiger partial charge >= 0.3 is 0 Å². The van der Waals surface area contributed by atoms with E-state index in [9.17, 15) is 4.79 Å². The lowest BCUT2D eigenvalue weighted by Crippen LogP contribution is -2.54. The van der Waals surface area contributed by atoms with Crippen LogP contribution in [0.5, 0.6) is 0 Å². The summed E-state index contributed by atoms with van der Waals surface area (Å²) in [7, 11) is 0. The summed E-state index contributed by atoms with van der Waals surface area (Å²) in [5.74, 6) is 1.71. The van der Waals surface area contributed by atoms with E-state index in [1.807, 2.05) is 0 Å². The third-order valence-electron chi connectivity index (χ3n) is 5.32. The number of aromatic nitrogens is 4. The Labute approximate surface area is 150 Å². The molecule has 2 N–H and O–H groups in total. The Balaban J connectivity index is 1.51. The number of amides is 1. The van der Waals surface area contributed by atoms with Gasteiger partial charge < -0.3 is 10.6 Å². The summed E-state index contributed by atoms with van der Waals surface area (Å²) >= 11 is 1.41. The molecule has 0 spiro atoms. The van der Waals surface area contributed by atoms with E-state index in [1.165, 1.54) is 24.3 Å². The SMILES string of the molecule is CC(C)c1nsc(NC23CCC(CC2NC(=O)c2ccncn2)C3)n1. The van der Waals surface area contributed by atoms with E-state index in [4.69, 9.17) is 0 Å². The first-order valence-electron chi connectivity index (χ1n) is 8.74. The molecule has 2 fully saturated rings.